The van der Waals surface area contributed by atoms with Gasteiger partial charge in [-0.15, -0.1) is 0 Å². The quantitative estimate of drug-likeness (QED) is 0.357. The van der Waals surface area contributed by atoms with Gasteiger partial charge in [-0.05, 0) is 12.8 Å². The fraction of sp³-hybridized carbons (Fsp3) is 0.600. The van der Waals surface area contributed by atoms with Crippen molar-refractivity contribution in [2.45, 2.75) is 32.1 Å². The lowest BCUT2D eigenvalue weighted by molar-refractivity contribution is 0.209. The minimum atomic E-state index is 0.790. The Morgan fingerprint density at radius 2 is 1.26 bits per heavy atom. The van der Waals surface area contributed by atoms with Crippen LogP contribution in [0.25, 0.3) is 0 Å². The first kappa shape index (κ1) is 17.3. The summed E-state index contributed by atoms with van der Waals surface area (Å²) in [5.41, 5.74) is 4.08. The molecule has 8 nitrogen and oxygen atoms in total. The average molecular weight is 322 g/mol. The smallest absolute Gasteiger partial charge is 0.146 e. The molecule has 0 radical (unpaired) electrons. The van der Waals surface area contributed by atoms with Crippen LogP contribution in [-0.2, 0) is 0 Å². The number of unbranched alkanes of at least 4 members (excludes halogenated alkanes) is 4. The van der Waals surface area contributed by atoms with E-state index < -0.39 is 0 Å². The standard InChI is InChI=1S/C15H26N6O2/c22-18-12-14-16-6-10-20(14)8-4-2-1-3-5-9-21-11-7-17-15(21)13-19-23/h6-7,12-13,18-19,22-23H,1-5,8-11H2/b14-12+,15-13+. The molecule has 0 aromatic heterocycles. The third kappa shape index (κ3) is 5.57. The summed E-state index contributed by atoms with van der Waals surface area (Å²) in [4.78, 5) is 12.7. The number of nitrogens with zero attached hydrogens (tertiary/aromatic N) is 4. The first-order valence-electron chi connectivity index (χ1n) is 8.09. The molecule has 128 valence electrons. The number of nitrogens with one attached hydrogen (secondary N) is 2. The molecular weight excluding hydrogens is 296 g/mol. The normalized spacial score (nSPS) is 20.3. The Morgan fingerprint density at radius 3 is 1.70 bits per heavy atom. The lowest BCUT2D eigenvalue weighted by Gasteiger charge is -2.19. The highest BCUT2D eigenvalue weighted by Gasteiger charge is 2.13. The molecule has 8 heteroatoms. The Kier molecular flexibility index (Phi) is 7.41. The van der Waals surface area contributed by atoms with E-state index in [-0.39, 0.29) is 0 Å². The van der Waals surface area contributed by atoms with E-state index in [9.17, 15) is 0 Å². The van der Waals surface area contributed by atoms with Gasteiger partial charge >= 0.3 is 0 Å². The van der Waals surface area contributed by atoms with Gasteiger partial charge in [0.1, 0.15) is 11.6 Å². The summed E-state index contributed by atoms with van der Waals surface area (Å²) in [5, 5.41) is 17.4. The molecule has 0 aromatic rings. The average Bonchev–Trinajstić information content (AvgIpc) is 3.17. The molecular formula is C15H26N6O2. The summed E-state index contributed by atoms with van der Waals surface area (Å²) in [6.07, 6.45) is 12.6. The van der Waals surface area contributed by atoms with Crippen molar-refractivity contribution in [2.75, 3.05) is 26.2 Å². The van der Waals surface area contributed by atoms with Crippen LogP contribution in [0.15, 0.2) is 34.0 Å². The Bertz CT molecular complexity index is 433. The van der Waals surface area contributed by atoms with Crippen molar-refractivity contribution in [2.24, 2.45) is 9.98 Å². The Hall–Kier alpha value is -2.06. The Balaban J connectivity index is 1.50. The highest BCUT2D eigenvalue weighted by atomic mass is 16.5. The number of hydroxylamine groups is 2. The van der Waals surface area contributed by atoms with Crippen molar-refractivity contribution in [1.29, 1.82) is 0 Å². The van der Waals surface area contributed by atoms with E-state index in [1.807, 2.05) is 23.4 Å². The van der Waals surface area contributed by atoms with Crippen molar-refractivity contribution in [3.63, 3.8) is 0 Å². The van der Waals surface area contributed by atoms with E-state index in [1.165, 1.54) is 31.7 Å². The van der Waals surface area contributed by atoms with E-state index >= 15 is 0 Å². The maximum atomic E-state index is 8.69. The molecule has 2 aliphatic heterocycles. The second-order valence-corrected chi connectivity index (χ2v) is 5.55. The minimum absolute atomic E-state index is 0.790. The molecule has 2 aliphatic rings. The third-order valence-electron chi connectivity index (χ3n) is 3.94. The first-order chi connectivity index (χ1) is 11.3. The molecule has 0 fully saturated rings. The molecule has 23 heavy (non-hydrogen) atoms. The van der Waals surface area contributed by atoms with Gasteiger partial charge in [-0.2, -0.15) is 0 Å². The van der Waals surface area contributed by atoms with Crippen molar-refractivity contribution < 1.29 is 10.4 Å². The van der Waals surface area contributed by atoms with Crippen LogP contribution in [0.1, 0.15) is 32.1 Å². The Morgan fingerprint density at radius 1 is 0.826 bits per heavy atom. The minimum Gasteiger partial charge on any atom is -0.350 e. The molecule has 0 unspecified atom stereocenters. The van der Waals surface area contributed by atoms with Gasteiger partial charge in [0, 0.05) is 25.5 Å². The van der Waals surface area contributed by atoms with Crippen LogP contribution in [-0.4, -0.2) is 58.8 Å². The second-order valence-electron chi connectivity index (χ2n) is 5.55. The predicted molar refractivity (Wildman–Crippen MR) is 89.2 cm³/mol. The highest BCUT2D eigenvalue weighted by Crippen LogP contribution is 2.14. The molecule has 0 aromatic carbocycles. The lowest BCUT2D eigenvalue weighted by Crippen LogP contribution is -2.22. The number of hydrogen-bond acceptors (Lipinski definition) is 8. The van der Waals surface area contributed by atoms with Crippen molar-refractivity contribution >= 4 is 12.4 Å². The SMILES string of the molecule is ON/C=C1\N=CCN1CCCCCCCN1CC=N/C1=C\NO. The van der Waals surface area contributed by atoms with Crippen LogP contribution in [0.3, 0.4) is 0 Å². The van der Waals surface area contributed by atoms with Gasteiger partial charge < -0.3 is 9.80 Å². The van der Waals surface area contributed by atoms with Crippen LogP contribution < -0.4 is 11.0 Å². The maximum Gasteiger partial charge on any atom is 0.146 e. The van der Waals surface area contributed by atoms with Crippen molar-refractivity contribution in [1.82, 2.24) is 20.8 Å². The van der Waals surface area contributed by atoms with Gasteiger partial charge in [-0.1, -0.05) is 19.3 Å². The van der Waals surface area contributed by atoms with Gasteiger partial charge in [0.05, 0.1) is 25.5 Å². The van der Waals surface area contributed by atoms with Crippen LogP contribution >= 0.6 is 0 Å². The molecule has 0 saturated carbocycles. The largest absolute Gasteiger partial charge is 0.350 e. The summed E-state index contributed by atoms with van der Waals surface area (Å²) in [7, 11) is 0. The molecule has 2 rings (SSSR count). The molecule has 0 bridgehead atoms. The fourth-order valence-electron chi connectivity index (χ4n) is 2.74. The van der Waals surface area contributed by atoms with Crippen LogP contribution in [0.4, 0.5) is 0 Å². The zero-order valence-corrected chi connectivity index (χ0v) is 13.4. The fourth-order valence-corrected chi connectivity index (χ4v) is 2.74. The summed E-state index contributed by atoms with van der Waals surface area (Å²) in [6, 6.07) is 0. The summed E-state index contributed by atoms with van der Waals surface area (Å²) < 4.78 is 0. The van der Waals surface area contributed by atoms with Gasteiger partial charge in [0.25, 0.3) is 0 Å². The molecule has 0 atom stereocenters. The van der Waals surface area contributed by atoms with E-state index in [0.29, 0.717) is 0 Å². The van der Waals surface area contributed by atoms with Crippen LogP contribution in [0.2, 0.25) is 0 Å². The summed E-state index contributed by atoms with van der Waals surface area (Å²) in [6.45, 7) is 3.55. The van der Waals surface area contributed by atoms with Crippen LogP contribution in [0, 0.1) is 0 Å². The van der Waals surface area contributed by atoms with Gasteiger partial charge in [0.2, 0.25) is 0 Å². The van der Waals surface area contributed by atoms with Crippen molar-refractivity contribution in [3.8, 4) is 0 Å². The molecule has 4 N–H and O–H groups in total. The number of aliphatic imine (C=N–C) groups is 2. The molecule has 2 heterocycles. The topological polar surface area (TPSA) is 95.7 Å². The lowest BCUT2D eigenvalue weighted by atomic mass is 10.1. The van der Waals surface area contributed by atoms with E-state index in [0.717, 1.165) is 50.7 Å². The van der Waals surface area contributed by atoms with Crippen molar-refractivity contribution in [3.05, 3.63) is 24.0 Å². The zero-order valence-electron chi connectivity index (χ0n) is 13.4. The monoisotopic (exact) mass is 322 g/mol. The van der Waals surface area contributed by atoms with E-state index in [4.69, 9.17) is 10.4 Å². The summed E-state index contributed by atoms with van der Waals surface area (Å²) in [5.74, 6) is 1.58. The van der Waals surface area contributed by atoms with Gasteiger partial charge in [-0.25, -0.2) is 9.98 Å². The molecule has 0 spiro atoms. The van der Waals surface area contributed by atoms with Gasteiger partial charge in [-0.3, -0.25) is 21.4 Å². The number of hydrogen-bond donors (Lipinski definition) is 4. The van der Waals surface area contributed by atoms with E-state index in [1.54, 1.807) is 0 Å². The molecule has 0 saturated heterocycles. The second kappa shape index (κ2) is 9.86. The first-order valence-corrected chi connectivity index (χ1v) is 8.09. The summed E-state index contributed by atoms with van der Waals surface area (Å²) >= 11 is 0. The number of rotatable bonds is 10. The maximum absolute atomic E-state index is 8.69. The zero-order chi connectivity index (χ0) is 16.3. The highest BCUT2D eigenvalue weighted by molar-refractivity contribution is 5.65. The molecule has 0 aliphatic carbocycles. The van der Waals surface area contributed by atoms with Gasteiger partial charge in [0.15, 0.2) is 0 Å². The third-order valence-corrected chi connectivity index (χ3v) is 3.94. The Labute approximate surface area is 136 Å². The van der Waals surface area contributed by atoms with E-state index in [2.05, 4.69) is 19.8 Å². The molecule has 0 amide bonds. The van der Waals surface area contributed by atoms with Crippen LogP contribution in [0.5, 0.6) is 0 Å². The predicted octanol–water partition coefficient (Wildman–Crippen LogP) is 1.27.